The smallest absolute Gasteiger partial charge is 0.119 e. The van der Waals surface area contributed by atoms with Crippen molar-refractivity contribution in [3.05, 3.63) is 29.8 Å². The van der Waals surface area contributed by atoms with E-state index >= 15 is 0 Å². The van der Waals surface area contributed by atoms with Gasteiger partial charge in [0.05, 0.1) is 6.61 Å². The van der Waals surface area contributed by atoms with Crippen molar-refractivity contribution in [2.45, 2.75) is 45.6 Å². The Morgan fingerprint density at radius 3 is 2.29 bits per heavy atom. The van der Waals surface area contributed by atoms with Gasteiger partial charge in [-0.3, -0.25) is 0 Å². The normalized spacial score (nSPS) is 27.1. The molecule has 1 unspecified atom stereocenters. The molecule has 0 amide bonds. The lowest BCUT2D eigenvalue weighted by molar-refractivity contribution is 0.210. The van der Waals surface area contributed by atoms with Crippen molar-refractivity contribution in [3.63, 3.8) is 0 Å². The Morgan fingerprint density at radius 2 is 1.82 bits per heavy atom. The van der Waals surface area contributed by atoms with E-state index in [0.717, 1.165) is 12.2 Å². The van der Waals surface area contributed by atoms with Crippen molar-refractivity contribution in [1.82, 2.24) is 0 Å². The molecule has 0 bridgehead atoms. The van der Waals surface area contributed by atoms with Gasteiger partial charge in [0.2, 0.25) is 0 Å². The Balaban J connectivity index is 2.28. The summed E-state index contributed by atoms with van der Waals surface area (Å²) in [5.74, 6) is 0.927. The van der Waals surface area contributed by atoms with E-state index in [2.05, 4.69) is 26.0 Å². The number of benzene rings is 1. The van der Waals surface area contributed by atoms with E-state index in [9.17, 15) is 0 Å². The van der Waals surface area contributed by atoms with Crippen LogP contribution in [0.4, 0.5) is 0 Å². The molecule has 0 heterocycles. The molecule has 2 N–H and O–H groups in total. The second kappa shape index (κ2) is 4.34. The highest BCUT2D eigenvalue weighted by Gasteiger charge is 2.46. The first kappa shape index (κ1) is 12.4. The largest absolute Gasteiger partial charge is 0.494 e. The van der Waals surface area contributed by atoms with Crippen LogP contribution in [0.15, 0.2) is 24.3 Å². The van der Waals surface area contributed by atoms with Crippen molar-refractivity contribution in [3.8, 4) is 5.75 Å². The fraction of sp³-hybridized carbons (Fsp3) is 0.600. The van der Waals surface area contributed by atoms with Gasteiger partial charge in [0, 0.05) is 5.54 Å². The Labute approximate surface area is 104 Å². The Kier molecular flexibility index (Phi) is 3.17. The lowest BCUT2D eigenvalue weighted by Crippen LogP contribution is -2.45. The maximum Gasteiger partial charge on any atom is 0.119 e. The maximum atomic E-state index is 6.64. The van der Waals surface area contributed by atoms with Crippen LogP contribution in [0.2, 0.25) is 0 Å². The highest BCUT2D eigenvalue weighted by atomic mass is 16.5. The number of hydrogen-bond acceptors (Lipinski definition) is 2. The molecule has 1 aromatic carbocycles. The molecule has 0 spiro atoms. The van der Waals surface area contributed by atoms with Crippen molar-refractivity contribution in [2.24, 2.45) is 11.1 Å². The molecule has 0 saturated heterocycles. The molecule has 1 aliphatic carbocycles. The fourth-order valence-corrected chi connectivity index (χ4v) is 2.92. The highest BCUT2D eigenvalue weighted by Crippen LogP contribution is 2.50. The van der Waals surface area contributed by atoms with Gasteiger partial charge in [-0.1, -0.05) is 32.4 Å². The molecule has 0 radical (unpaired) electrons. The summed E-state index contributed by atoms with van der Waals surface area (Å²) in [5.41, 5.74) is 7.88. The molecule has 1 fully saturated rings. The molecule has 1 aromatic rings. The minimum atomic E-state index is -0.183. The molecular formula is C15H23NO. The molecule has 2 heteroatoms. The zero-order chi connectivity index (χ0) is 12.5. The van der Waals surface area contributed by atoms with Crippen LogP contribution >= 0.6 is 0 Å². The fourth-order valence-electron chi connectivity index (χ4n) is 2.92. The molecule has 0 aromatic heterocycles. The van der Waals surface area contributed by atoms with Gasteiger partial charge in [-0.2, -0.15) is 0 Å². The van der Waals surface area contributed by atoms with Crippen molar-refractivity contribution >= 4 is 0 Å². The van der Waals surface area contributed by atoms with Crippen LogP contribution in [-0.4, -0.2) is 6.61 Å². The SMILES string of the molecule is CCOc1ccc(C2(N)CCCC2(C)C)cc1. The summed E-state index contributed by atoms with van der Waals surface area (Å²) < 4.78 is 5.47. The standard InChI is InChI=1S/C15H23NO/c1-4-17-13-8-6-12(7-9-13)15(16)11-5-10-14(15,2)3/h6-9H,4-5,10-11,16H2,1-3H3. The topological polar surface area (TPSA) is 35.2 Å². The third-order valence-corrected chi connectivity index (χ3v) is 4.26. The van der Waals surface area contributed by atoms with Gasteiger partial charge in [0.15, 0.2) is 0 Å². The number of hydrogen-bond donors (Lipinski definition) is 1. The van der Waals surface area contributed by atoms with Gasteiger partial charge in [-0.05, 0) is 42.9 Å². The second-order valence-corrected chi connectivity index (χ2v) is 5.67. The van der Waals surface area contributed by atoms with Crippen LogP contribution in [0.3, 0.4) is 0 Å². The molecular weight excluding hydrogens is 210 g/mol. The monoisotopic (exact) mass is 233 g/mol. The van der Waals surface area contributed by atoms with E-state index in [1.54, 1.807) is 0 Å². The molecule has 1 saturated carbocycles. The molecule has 94 valence electrons. The highest BCUT2D eigenvalue weighted by molar-refractivity contribution is 5.34. The second-order valence-electron chi connectivity index (χ2n) is 5.67. The number of nitrogens with two attached hydrogens (primary N) is 1. The van der Waals surface area contributed by atoms with Gasteiger partial charge in [0.25, 0.3) is 0 Å². The van der Waals surface area contributed by atoms with Gasteiger partial charge >= 0.3 is 0 Å². The Bertz CT molecular complexity index is 382. The first-order chi connectivity index (χ1) is 7.99. The summed E-state index contributed by atoms with van der Waals surface area (Å²) in [4.78, 5) is 0. The summed E-state index contributed by atoms with van der Waals surface area (Å²) in [7, 11) is 0. The van der Waals surface area contributed by atoms with Crippen LogP contribution < -0.4 is 10.5 Å². The zero-order valence-electron chi connectivity index (χ0n) is 11.1. The summed E-state index contributed by atoms with van der Waals surface area (Å²) in [6.07, 6.45) is 3.50. The lowest BCUT2D eigenvalue weighted by atomic mass is 9.71. The summed E-state index contributed by atoms with van der Waals surface area (Å²) in [5, 5.41) is 0. The minimum absolute atomic E-state index is 0.181. The quantitative estimate of drug-likeness (QED) is 0.868. The predicted octanol–water partition coefficient (Wildman–Crippen LogP) is 3.45. The third-order valence-electron chi connectivity index (χ3n) is 4.26. The van der Waals surface area contributed by atoms with Crippen LogP contribution in [0.25, 0.3) is 0 Å². The van der Waals surface area contributed by atoms with E-state index in [-0.39, 0.29) is 11.0 Å². The van der Waals surface area contributed by atoms with E-state index in [1.165, 1.54) is 18.4 Å². The summed E-state index contributed by atoms with van der Waals surface area (Å²) >= 11 is 0. The van der Waals surface area contributed by atoms with Crippen LogP contribution in [0, 0.1) is 5.41 Å². The van der Waals surface area contributed by atoms with Crippen LogP contribution in [-0.2, 0) is 5.54 Å². The molecule has 0 aliphatic heterocycles. The van der Waals surface area contributed by atoms with Crippen molar-refractivity contribution in [1.29, 1.82) is 0 Å². The van der Waals surface area contributed by atoms with Gasteiger partial charge < -0.3 is 10.5 Å². The Morgan fingerprint density at radius 1 is 1.18 bits per heavy atom. The number of rotatable bonds is 3. The average Bonchev–Trinajstić information content (AvgIpc) is 2.56. The Hall–Kier alpha value is -1.02. The zero-order valence-corrected chi connectivity index (χ0v) is 11.1. The molecule has 2 nitrogen and oxygen atoms in total. The lowest BCUT2D eigenvalue weighted by Gasteiger charge is -2.38. The van der Waals surface area contributed by atoms with E-state index in [4.69, 9.17) is 10.5 Å². The van der Waals surface area contributed by atoms with E-state index in [1.807, 2.05) is 19.1 Å². The van der Waals surface area contributed by atoms with Gasteiger partial charge in [-0.15, -0.1) is 0 Å². The first-order valence-corrected chi connectivity index (χ1v) is 6.52. The molecule has 1 atom stereocenters. The maximum absolute atomic E-state index is 6.64. The van der Waals surface area contributed by atoms with E-state index in [0.29, 0.717) is 6.61 Å². The van der Waals surface area contributed by atoms with E-state index < -0.39 is 0 Å². The van der Waals surface area contributed by atoms with Gasteiger partial charge in [0.1, 0.15) is 5.75 Å². The average molecular weight is 233 g/mol. The molecule has 1 aliphatic rings. The molecule has 2 rings (SSSR count). The predicted molar refractivity (Wildman–Crippen MR) is 71.1 cm³/mol. The minimum Gasteiger partial charge on any atom is -0.494 e. The third kappa shape index (κ3) is 2.06. The summed E-state index contributed by atoms with van der Waals surface area (Å²) in [6.45, 7) is 7.25. The summed E-state index contributed by atoms with van der Waals surface area (Å²) in [6, 6.07) is 8.31. The van der Waals surface area contributed by atoms with Gasteiger partial charge in [-0.25, -0.2) is 0 Å². The van der Waals surface area contributed by atoms with Crippen LogP contribution in [0.1, 0.15) is 45.6 Å². The number of ether oxygens (including phenoxy) is 1. The van der Waals surface area contributed by atoms with Crippen LogP contribution in [0.5, 0.6) is 5.75 Å². The van der Waals surface area contributed by atoms with Crippen molar-refractivity contribution in [2.75, 3.05) is 6.61 Å². The first-order valence-electron chi connectivity index (χ1n) is 6.52. The van der Waals surface area contributed by atoms with Crippen molar-refractivity contribution < 1.29 is 4.74 Å². The molecule has 17 heavy (non-hydrogen) atoms.